The lowest BCUT2D eigenvalue weighted by Gasteiger charge is -2.22. The summed E-state index contributed by atoms with van der Waals surface area (Å²) in [6.07, 6.45) is -0.412. The molecule has 2 aromatic rings. The molecule has 0 heterocycles. The number of hydroxylamine groups is 1. The summed E-state index contributed by atoms with van der Waals surface area (Å²) >= 11 is 0. The van der Waals surface area contributed by atoms with Crippen molar-refractivity contribution >= 4 is 11.8 Å². The first-order valence-corrected chi connectivity index (χ1v) is 9.28. The SMILES string of the molecule is COc1ccc(C[C@H](CC(=O)NO)C(=O)N[C@H]2c3ccccc3C[C@H]2O)cc1O. The molecular formula is C21H24N2O6. The minimum Gasteiger partial charge on any atom is -0.504 e. The molecule has 0 bridgehead atoms. The number of phenolic OH excluding ortho intramolecular Hbond substituents is 1. The molecule has 5 N–H and O–H groups in total. The summed E-state index contributed by atoms with van der Waals surface area (Å²) in [5.41, 5.74) is 3.99. The third-order valence-corrected chi connectivity index (χ3v) is 5.15. The Kier molecular flexibility index (Phi) is 6.36. The molecule has 8 heteroatoms. The summed E-state index contributed by atoms with van der Waals surface area (Å²) in [6.45, 7) is 0. The van der Waals surface area contributed by atoms with Crippen LogP contribution < -0.4 is 15.5 Å². The van der Waals surface area contributed by atoms with Gasteiger partial charge in [-0.3, -0.25) is 14.8 Å². The first-order valence-electron chi connectivity index (χ1n) is 9.28. The van der Waals surface area contributed by atoms with Crippen LogP contribution in [0.4, 0.5) is 0 Å². The van der Waals surface area contributed by atoms with Crippen LogP contribution in [-0.2, 0) is 22.4 Å². The number of carbonyl (C=O) groups is 2. The Balaban J connectivity index is 1.78. The van der Waals surface area contributed by atoms with Crippen molar-refractivity contribution in [1.82, 2.24) is 10.8 Å². The van der Waals surface area contributed by atoms with Crippen LogP contribution in [0.1, 0.15) is 29.2 Å². The fraction of sp³-hybridized carbons (Fsp3) is 0.333. The van der Waals surface area contributed by atoms with E-state index in [4.69, 9.17) is 9.94 Å². The van der Waals surface area contributed by atoms with Crippen molar-refractivity contribution in [3.63, 3.8) is 0 Å². The van der Waals surface area contributed by atoms with Gasteiger partial charge < -0.3 is 20.3 Å². The highest BCUT2D eigenvalue weighted by Gasteiger charge is 2.34. The number of ether oxygens (including phenoxy) is 1. The van der Waals surface area contributed by atoms with Crippen molar-refractivity contribution in [2.24, 2.45) is 5.92 Å². The molecule has 3 rings (SSSR count). The highest BCUT2D eigenvalue weighted by molar-refractivity contribution is 5.86. The van der Waals surface area contributed by atoms with Gasteiger partial charge in [0.05, 0.1) is 25.2 Å². The molecule has 0 radical (unpaired) electrons. The standard InChI is InChI=1S/C21H24N2O6/c1-29-18-7-6-12(9-16(18)24)8-14(11-19(26)23-28)21(27)22-20-15-5-3-2-4-13(15)10-17(20)25/h2-7,9,14,17,20,24-25,28H,8,10-11H2,1H3,(H,22,27)(H,23,26)/t14-,17-,20+/m1/s1. The average Bonchev–Trinajstić information content (AvgIpc) is 3.02. The summed E-state index contributed by atoms with van der Waals surface area (Å²) in [7, 11) is 1.43. The van der Waals surface area contributed by atoms with Gasteiger partial charge in [-0.05, 0) is 35.2 Å². The van der Waals surface area contributed by atoms with Crippen LogP contribution in [-0.4, -0.2) is 40.4 Å². The van der Waals surface area contributed by atoms with Crippen LogP contribution in [0.5, 0.6) is 11.5 Å². The van der Waals surface area contributed by atoms with Gasteiger partial charge in [0.2, 0.25) is 11.8 Å². The number of benzene rings is 2. The van der Waals surface area contributed by atoms with Crippen LogP contribution >= 0.6 is 0 Å². The van der Waals surface area contributed by atoms with Crippen LogP contribution in [0.3, 0.4) is 0 Å². The molecule has 154 valence electrons. The number of methoxy groups -OCH3 is 1. The number of carbonyl (C=O) groups excluding carboxylic acids is 2. The van der Waals surface area contributed by atoms with E-state index in [9.17, 15) is 19.8 Å². The zero-order chi connectivity index (χ0) is 21.0. The fourth-order valence-electron chi connectivity index (χ4n) is 3.69. The second-order valence-electron chi connectivity index (χ2n) is 7.10. The van der Waals surface area contributed by atoms with Crippen molar-refractivity contribution in [3.8, 4) is 11.5 Å². The lowest BCUT2D eigenvalue weighted by Crippen LogP contribution is -2.40. The number of nitrogens with one attached hydrogen (secondary N) is 2. The van der Waals surface area contributed by atoms with Crippen molar-refractivity contribution in [2.45, 2.75) is 31.4 Å². The number of aliphatic hydroxyl groups is 1. The summed E-state index contributed by atoms with van der Waals surface area (Å²) in [6, 6.07) is 11.6. The Labute approximate surface area is 168 Å². The van der Waals surface area contributed by atoms with E-state index in [0.29, 0.717) is 17.7 Å². The number of amides is 2. The van der Waals surface area contributed by atoms with E-state index in [1.54, 1.807) is 17.6 Å². The Morgan fingerprint density at radius 2 is 2.00 bits per heavy atom. The molecule has 2 aromatic carbocycles. The second-order valence-corrected chi connectivity index (χ2v) is 7.10. The summed E-state index contributed by atoms with van der Waals surface area (Å²) < 4.78 is 5.01. The molecule has 0 unspecified atom stereocenters. The van der Waals surface area contributed by atoms with E-state index in [2.05, 4.69) is 5.32 Å². The van der Waals surface area contributed by atoms with E-state index in [-0.39, 0.29) is 18.6 Å². The number of rotatable bonds is 7. The summed E-state index contributed by atoms with van der Waals surface area (Å²) in [5, 5.41) is 32.0. The summed E-state index contributed by atoms with van der Waals surface area (Å²) in [4.78, 5) is 24.7. The lowest BCUT2D eigenvalue weighted by molar-refractivity contribution is -0.135. The molecule has 1 aliphatic rings. The molecule has 0 aromatic heterocycles. The van der Waals surface area contributed by atoms with Crippen molar-refractivity contribution in [3.05, 3.63) is 59.2 Å². The smallest absolute Gasteiger partial charge is 0.244 e. The van der Waals surface area contributed by atoms with E-state index in [0.717, 1.165) is 11.1 Å². The van der Waals surface area contributed by atoms with E-state index in [1.165, 1.54) is 13.2 Å². The quantitative estimate of drug-likeness (QED) is 0.351. The molecule has 0 saturated heterocycles. The van der Waals surface area contributed by atoms with Gasteiger partial charge in [-0.25, -0.2) is 5.48 Å². The molecular weight excluding hydrogens is 376 g/mol. The van der Waals surface area contributed by atoms with Gasteiger partial charge in [0.15, 0.2) is 11.5 Å². The van der Waals surface area contributed by atoms with Gasteiger partial charge in [-0.15, -0.1) is 0 Å². The molecule has 3 atom stereocenters. The monoisotopic (exact) mass is 400 g/mol. The molecule has 29 heavy (non-hydrogen) atoms. The van der Waals surface area contributed by atoms with Crippen LogP contribution in [0.25, 0.3) is 0 Å². The fourth-order valence-corrected chi connectivity index (χ4v) is 3.69. The third kappa shape index (κ3) is 4.67. The number of hydrogen-bond acceptors (Lipinski definition) is 6. The van der Waals surface area contributed by atoms with Crippen molar-refractivity contribution < 1.29 is 29.7 Å². The van der Waals surface area contributed by atoms with Crippen molar-refractivity contribution in [2.75, 3.05) is 7.11 Å². The van der Waals surface area contributed by atoms with Crippen LogP contribution in [0, 0.1) is 5.92 Å². The van der Waals surface area contributed by atoms with Gasteiger partial charge in [0.25, 0.3) is 0 Å². The number of fused-ring (bicyclic) bond motifs is 1. The number of aliphatic hydroxyl groups excluding tert-OH is 1. The molecule has 0 saturated carbocycles. The molecule has 1 aliphatic carbocycles. The maximum Gasteiger partial charge on any atom is 0.244 e. The lowest BCUT2D eigenvalue weighted by atomic mass is 9.94. The topological polar surface area (TPSA) is 128 Å². The number of hydrogen-bond donors (Lipinski definition) is 5. The minimum absolute atomic E-state index is 0.0732. The van der Waals surface area contributed by atoms with E-state index in [1.807, 2.05) is 24.3 Å². The predicted molar refractivity (Wildman–Crippen MR) is 103 cm³/mol. The highest BCUT2D eigenvalue weighted by atomic mass is 16.5. The van der Waals surface area contributed by atoms with Gasteiger partial charge in [-0.2, -0.15) is 0 Å². The van der Waals surface area contributed by atoms with Gasteiger partial charge in [-0.1, -0.05) is 30.3 Å². The average molecular weight is 400 g/mol. The Hall–Kier alpha value is -3.10. The number of aromatic hydroxyl groups is 1. The van der Waals surface area contributed by atoms with Gasteiger partial charge in [0, 0.05) is 12.8 Å². The van der Waals surface area contributed by atoms with E-state index >= 15 is 0 Å². The van der Waals surface area contributed by atoms with Crippen LogP contribution in [0.2, 0.25) is 0 Å². The maximum atomic E-state index is 12.9. The number of phenols is 1. The Morgan fingerprint density at radius 3 is 2.69 bits per heavy atom. The van der Waals surface area contributed by atoms with Crippen molar-refractivity contribution in [1.29, 1.82) is 0 Å². The molecule has 8 nitrogen and oxygen atoms in total. The minimum atomic E-state index is -0.810. The maximum absolute atomic E-state index is 12.9. The highest BCUT2D eigenvalue weighted by Crippen LogP contribution is 2.32. The largest absolute Gasteiger partial charge is 0.504 e. The zero-order valence-electron chi connectivity index (χ0n) is 16.0. The van der Waals surface area contributed by atoms with Gasteiger partial charge in [0.1, 0.15) is 0 Å². The zero-order valence-corrected chi connectivity index (χ0v) is 16.0. The van der Waals surface area contributed by atoms with Crippen LogP contribution in [0.15, 0.2) is 42.5 Å². The normalized spacial score (nSPS) is 18.6. The second kappa shape index (κ2) is 8.93. The Bertz CT molecular complexity index is 900. The Morgan fingerprint density at radius 1 is 1.24 bits per heavy atom. The molecule has 0 fully saturated rings. The molecule has 0 spiro atoms. The first-order chi connectivity index (χ1) is 13.9. The molecule has 0 aliphatic heterocycles. The van der Waals surface area contributed by atoms with Gasteiger partial charge >= 0.3 is 0 Å². The summed E-state index contributed by atoms with van der Waals surface area (Å²) in [5.74, 6) is -1.71. The van der Waals surface area contributed by atoms with E-state index < -0.39 is 29.9 Å². The first kappa shape index (κ1) is 20.6. The predicted octanol–water partition coefficient (Wildman–Crippen LogP) is 1.23. The third-order valence-electron chi connectivity index (χ3n) is 5.15. The molecule has 2 amide bonds.